The molecule has 5 rings (SSSR count). The first-order chi connectivity index (χ1) is 15.1. The fourth-order valence-corrected chi connectivity index (χ4v) is 4.76. The van der Waals surface area contributed by atoms with Gasteiger partial charge in [0.25, 0.3) is 5.56 Å². The molecule has 0 radical (unpaired) electrons. The normalized spacial score (nSPS) is 12.4. The van der Waals surface area contributed by atoms with Crippen molar-refractivity contribution in [1.29, 1.82) is 0 Å². The number of aromatic nitrogens is 4. The Kier molecular flexibility index (Phi) is 5.12. The van der Waals surface area contributed by atoms with Crippen LogP contribution < -0.4 is 20.3 Å². The number of aryl methyl sites for hydroxylation is 1. The Balaban J connectivity index is 1.41. The molecule has 4 heterocycles. The van der Waals surface area contributed by atoms with E-state index >= 15 is 0 Å². The van der Waals surface area contributed by atoms with Crippen LogP contribution in [0.4, 0.5) is 5.82 Å². The Morgan fingerprint density at radius 1 is 1.29 bits per heavy atom. The summed E-state index contributed by atoms with van der Waals surface area (Å²) in [7, 11) is 0. The number of amides is 1. The highest BCUT2D eigenvalue weighted by Crippen LogP contribution is 2.33. The first-order valence-electron chi connectivity index (χ1n) is 9.38. The summed E-state index contributed by atoms with van der Waals surface area (Å²) in [5.41, 5.74) is 2.22. The number of thioether (sulfide) groups is 1. The highest BCUT2D eigenvalue weighted by Gasteiger charge is 2.17. The zero-order valence-electron chi connectivity index (χ0n) is 16.4. The SMILES string of the molecule is Cc1cc(NC(=O)CSc2nc3ccsc3c(=O)n2Cc2ccc3c(c2)OCO3)n[nH]1. The van der Waals surface area contributed by atoms with Gasteiger partial charge in [0, 0.05) is 11.8 Å². The molecule has 31 heavy (non-hydrogen) atoms. The molecule has 0 bridgehead atoms. The minimum absolute atomic E-state index is 0.0924. The van der Waals surface area contributed by atoms with E-state index < -0.39 is 0 Å². The maximum Gasteiger partial charge on any atom is 0.272 e. The summed E-state index contributed by atoms with van der Waals surface area (Å²) in [4.78, 5) is 30.1. The van der Waals surface area contributed by atoms with Crippen LogP contribution in [0.1, 0.15) is 11.3 Å². The van der Waals surface area contributed by atoms with Crippen LogP contribution in [0.25, 0.3) is 10.2 Å². The molecule has 0 unspecified atom stereocenters. The van der Waals surface area contributed by atoms with Gasteiger partial charge in [0.15, 0.2) is 22.5 Å². The van der Waals surface area contributed by atoms with Crippen LogP contribution in [-0.4, -0.2) is 38.2 Å². The van der Waals surface area contributed by atoms with Crippen LogP contribution in [0, 0.1) is 6.92 Å². The van der Waals surface area contributed by atoms with Crippen molar-refractivity contribution in [3.63, 3.8) is 0 Å². The van der Waals surface area contributed by atoms with Gasteiger partial charge in [-0.3, -0.25) is 19.3 Å². The third-order valence-electron chi connectivity index (χ3n) is 4.61. The number of nitrogens with zero attached hydrogens (tertiary/aromatic N) is 3. The largest absolute Gasteiger partial charge is 0.454 e. The van der Waals surface area contributed by atoms with Crippen molar-refractivity contribution >= 4 is 45.0 Å². The average molecular weight is 456 g/mol. The van der Waals surface area contributed by atoms with Crippen molar-refractivity contribution < 1.29 is 14.3 Å². The molecule has 11 heteroatoms. The second kappa shape index (κ2) is 8.08. The Hall–Kier alpha value is -3.31. The van der Waals surface area contributed by atoms with Crippen molar-refractivity contribution in [3.8, 4) is 11.5 Å². The first kappa shape index (κ1) is 19.6. The van der Waals surface area contributed by atoms with E-state index in [1.807, 2.05) is 36.6 Å². The molecule has 0 atom stereocenters. The van der Waals surface area contributed by atoms with Crippen LogP contribution in [-0.2, 0) is 11.3 Å². The number of ether oxygens (including phenoxy) is 2. The van der Waals surface area contributed by atoms with E-state index in [0.717, 1.165) is 11.3 Å². The third kappa shape index (κ3) is 4.01. The molecule has 1 aliphatic heterocycles. The van der Waals surface area contributed by atoms with Gasteiger partial charge < -0.3 is 14.8 Å². The van der Waals surface area contributed by atoms with E-state index in [-0.39, 0.29) is 24.0 Å². The summed E-state index contributed by atoms with van der Waals surface area (Å²) in [6.07, 6.45) is 0. The van der Waals surface area contributed by atoms with Crippen molar-refractivity contribution in [3.05, 3.63) is 57.3 Å². The van der Waals surface area contributed by atoms with Crippen molar-refractivity contribution in [2.45, 2.75) is 18.6 Å². The maximum atomic E-state index is 13.1. The third-order valence-corrected chi connectivity index (χ3v) is 6.48. The summed E-state index contributed by atoms with van der Waals surface area (Å²) in [5.74, 6) is 1.66. The van der Waals surface area contributed by atoms with Crippen LogP contribution in [0.15, 0.2) is 45.7 Å². The van der Waals surface area contributed by atoms with Gasteiger partial charge in [-0.1, -0.05) is 17.8 Å². The highest BCUT2D eigenvalue weighted by atomic mass is 32.2. The molecule has 2 N–H and O–H groups in total. The molecule has 158 valence electrons. The standard InChI is InChI=1S/C20H17N5O4S2/c1-11-6-16(24-23-11)22-17(26)9-31-20-21-13-4-5-30-18(13)19(27)25(20)8-12-2-3-14-15(7-12)29-10-28-14/h2-7H,8-10H2,1H3,(H2,22,23,24,26). The quantitative estimate of drug-likeness (QED) is 0.340. The topological polar surface area (TPSA) is 111 Å². The molecule has 0 aliphatic carbocycles. The number of thiophene rings is 1. The molecule has 0 spiro atoms. The number of nitrogens with one attached hydrogen (secondary N) is 2. The predicted molar refractivity (Wildman–Crippen MR) is 118 cm³/mol. The molecule has 0 saturated heterocycles. The fraction of sp³-hybridized carbons (Fsp3) is 0.200. The van der Waals surface area contributed by atoms with E-state index in [2.05, 4.69) is 20.5 Å². The van der Waals surface area contributed by atoms with Gasteiger partial charge in [-0.15, -0.1) is 11.3 Å². The molecule has 0 fully saturated rings. The number of carbonyl (C=O) groups excluding carboxylic acids is 1. The molecule has 1 amide bonds. The summed E-state index contributed by atoms with van der Waals surface area (Å²) in [6.45, 7) is 2.35. The van der Waals surface area contributed by atoms with E-state index in [0.29, 0.717) is 39.2 Å². The van der Waals surface area contributed by atoms with E-state index in [9.17, 15) is 9.59 Å². The molecule has 0 saturated carbocycles. The number of anilines is 1. The van der Waals surface area contributed by atoms with Crippen molar-refractivity contribution in [1.82, 2.24) is 19.7 Å². The number of carbonyl (C=O) groups is 1. The lowest BCUT2D eigenvalue weighted by Gasteiger charge is -2.12. The van der Waals surface area contributed by atoms with Gasteiger partial charge in [-0.05, 0) is 36.1 Å². The zero-order chi connectivity index (χ0) is 21.4. The van der Waals surface area contributed by atoms with Crippen LogP contribution in [0.5, 0.6) is 11.5 Å². The molecular weight excluding hydrogens is 438 g/mol. The number of rotatable bonds is 6. The summed E-state index contributed by atoms with van der Waals surface area (Å²) in [5, 5.41) is 11.8. The van der Waals surface area contributed by atoms with E-state index in [4.69, 9.17) is 9.47 Å². The number of H-pyrrole nitrogens is 1. The number of fused-ring (bicyclic) bond motifs is 2. The zero-order valence-corrected chi connectivity index (χ0v) is 18.0. The van der Waals surface area contributed by atoms with E-state index in [1.54, 1.807) is 10.6 Å². The second-order valence-electron chi connectivity index (χ2n) is 6.88. The minimum atomic E-state index is -0.231. The van der Waals surface area contributed by atoms with Crippen LogP contribution in [0.2, 0.25) is 0 Å². The van der Waals surface area contributed by atoms with Crippen molar-refractivity contribution in [2.24, 2.45) is 0 Å². The summed E-state index contributed by atoms with van der Waals surface area (Å²) in [6, 6.07) is 9.12. The number of aromatic amines is 1. The molecule has 1 aliphatic rings. The van der Waals surface area contributed by atoms with Gasteiger partial charge in [0.1, 0.15) is 4.70 Å². The first-order valence-corrected chi connectivity index (χ1v) is 11.2. The van der Waals surface area contributed by atoms with Gasteiger partial charge in [-0.2, -0.15) is 5.10 Å². The highest BCUT2D eigenvalue weighted by molar-refractivity contribution is 7.99. The lowest BCUT2D eigenvalue weighted by Crippen LogP contribution is -2.24. The second-order valence-corrected chi connectivity index (χ2v) is 8.74. The Morgan fingerprint density at radius 2 is 2.16 bits per heavy atom. The lowest BCUT2D eigenvalue weighted by molar-refractivity contribution is -0.113. The number of benzene rings is 1. The minimum Gasteiger partial charge on any atom is -0.454 e. The summed E-state index contributed by atoms with van der Waals surface area (Å²) >= 11 is 2.56. The Morgan fingerprint density at radius 3 is 3.00 bits per heavy atom. The Labute approximate surface area is 184 Å². The van der Waals surface area contributed by atoms with E-state index in [1.165, 1.54) is 23.1 Å². The average Bonchev–Trinajstić information content (AvgIpc) is 3.49. The summed E-state index contributed by atoms with van der Waals surface area (Å²) < 4.78 is 13.0. The van der Waals surface area contributed by atoms with Crippen molar-refractivity contribution in [2.75, 3.05) is 17.9 Å². The van der Waals surface area contributed by atoms with Crippen LogP contribution >= 0.6 is 23.1 Å². The number of hydrogen-bond donors (Lipinski definition) is 2. The molecule has 3 aromatic heterocycles. The molecule has 9 nitrogen and oxygen atoms in total. The smallest absolute Gasteiger partial charge is 0.272 e. The molecule has 1 aromatic carbocycles. The Bertz CT molecular complexity index is 1340. The lowest BCUT2D eigenvalue weighted by atomic mass is 10.2. The van der Waals surface area contributed by atoms with Gasteiger partial charge in [0.2, 0.25) is 12.7 Å². The van der Waals surface area contributed by atoms with Gasteiger partial charge in [-0.25, -0.2) is 4.98 Å². The maximum absolute atomic E-state index is 13.1. The molecular formula is C20H17N5O4S2. The monoisotopic (exact) mass is 455 g/mol. The predicted octanol–water partition coefficient (Wildman–Crippen LogP) is 3.00. The van der Waals surface area contributed by atoms with Crippen LogP contribution in [0.3, 0.4) is 0 Å². The molecule has 4 aromatic rings. The van der Waals surface area contributed by atoms with Gasteiger partial charge in [0.05, 0.1) is 17.8 Å². The fourth-order valence-electron chi connectivity index (χ4n) is 3.19. The van der Waals surface area contributed by atoms with Gasteiger partial charge >= 0.3 is 0 Å². The number of hydrogen-bond acceptors (Lipinski definition) is 8.